The van der Waals surface area contributed by atoms with Gasteiger partial charge >= 0.3 is 0 Å². The van der Waals surface area contributed by atoms with Gasteiger partial charge in [0.2, 0.25) is 5.91 Å². The van der Waals surface area contributed by atoms with Crippen LogP contribution in [0.15, 0.2) is 24.3 Å². The lowest BCUT2D eigenvalue weighted by Crippen LogP contribution is -2.42. The lowest BCUT2D eigenvalue weighted by molar-refractivity contribution is -0.125. The molecule has 0 aliphatic carbocycles. The van der Waals surface area contributed by atoms with Crippen molar-refractivity contribution in [2.45, 2.75) is 12.8 Å². The summed E-state index contributed by atoms with van der Waals surface area (Å²) in [6.07, 6.45) is 1.95. The molecule has 2 rings (SSSR count). The zero-order valence-corrected chi connectivity index (χ0v) is 13.8. The van der Waals surface area contributed by atoms with Crippen LogP contribution in [0.4, 0.5) is 0 Å². The van der Waals surface area contributed by atoms with Crippen LogP contribution in [0, 0.1) is 5.92 Å². The Morgan fingerprint density at radius 2 is 1.95 bits per heavy atom. The summed E-state index contributed by atoms with van der Waals surface area (Å²) in [4.78, 5) is 23.8. The summed E-state index contributed by atoms with van der Waals surface area (Å²) >= 11 is 5.95. The minimum absolute atomic E-state index is 0. The molecule has 0 aromatic heterocycles. The molecule has 0 saturated carbocycles. The average Bonchev–Trinajstić information content (AvgIpc) is 2.52. The van der Waals surface area contributed by atoms with E-state index in [4.69, 9.17) is 11.6 Å². The normalized spacial score (nSPS) is 17.2. The maximum absolute atomic E-state index is 11.9. The highest BCUT2D eigenvalue weighted by Gasteiger charge is 2.20. The number of benzene rings is 1. The third kappa shape index (κ3) is 5.48. The van der Waals surface area contributed by atoms with Gasteiger partial charge in [-0.25, -0.2) is 0 Å². The first-order valence-electron chi connectivity index (χ1n) is 7.19. The molecule has 5 nitrogen and oxygen atoms in total. The zero-order chi connectivity index (χ0) is 15.1. The topological polar surface area (TPSA) is 70.2 Å². The first-order chi connectivity index (χ1) is 10.2. The van der Waals surface area contributed by atoms with Crippen molar-refractivity contribution in [3.05, 3.63) is 34.9 Å². The maximum atomic E-state index is 11.9. The fraction of sp³-hybridized carbons (Fsp3) is 0.467. The second-order valence-corrected chi connectivity index (χ2v) is 5.48. The van der Waals surface area contributed by atoms with Crippen LogP contribution >= 0.6 is 24.0 Å². The number of piperidine rings is 1. The molecule has 0 radical (unpaired) electrons. The highest BCUT2D eigenvalue weighted by molar-refractivity contribution is 6.33. The van der Waals surface area contributed by atoms with E-state index < -0.39 is 0 Å². The zero-order valence-electron chi connectivity index (χ0n) is 12.2. The Balaban J connectivity index is 0.00000242. The van der Waals surface area contributed by atoms with Crippen LogP contribution in [0.25, 0.3) is 0 Å². The van der Waals surface area contributed by atoms with E-state index in [0.717, 1.165) is 25.9 Å². The van der Waals surface area contributed by atoms with Gasteiger partial charge in [0.1, 0.15) is 0 Å². The molecule has 1 aliphatic rings. The Hall–Kier alpha value is -1.30. The van der Waals surface area contributed by atoms with E-state index in [1.807, 2.05) is 0 Å². The van der Waals surface area contributed by atoms with Crippen molar-refractivity contribution in [2.75, 3.05) is 26.2 Å². The molecule has 0 spiro atoms. The minimum Gasteiger partial charge on any atom is -0.354 e. The van der Waals surface area contributed by atoms with E-state index in [-0.39, 0.29) is 30.1 Å². The summed E-state index contributed by atoms with van der Waals surface area (Å²) < 4.78 is 0. The smallest absolute Gasteiger partial charge is 0.252 e. The second-order valence-electron chi connectivity index (χ2n) is 5.07. The van der Waals surface area contributed by atoms with E-state index in [1.54, 1.807) is 24.3 Å². The molecule has 1 aliphatic heterocycles. The summed E-state index contributed by atoms with van der Waals surface area (Å²) in [5, 5.41) is 9.22. The Morgan fingerprint density at radius 3 is 2.64 bits per heavy atom. The molecule has 0 bridgehead atoms. The van der Waals surface area contributed by atoms with E-state index in [2.05, 4.69) is 16.0 Å². The highest BCUT2D eigenvalue weighted by Crippen LogP contribution is 2.14. The van der Waals surface area contributed by atoms with Gasteiger partial charge in [-0.3, -0.25) is 9.59 Å². The van der Waals surface area contributed by atoms with Crippen LogP contribution < -0.4 is 16.0 Å². The molecule has 7 heteroatoms. The number of amides is 2. The molecular weight excluding hydrogens is 325 g/mol. The fourth-order valence-electron chi connectivity index (χ4n) is 2.32. The average molecular weight is 346 g/mol. The summed E-state index contributed by atoms with van der Waals surface area (Å²) in [5.74, 6) is -0.138. The molecule has 22 heavy (non-hydrogen) atoms. The van der Waals surface area contributed by atoms with Crippen LogP contribution in [-0.4, -0.2) is 38.0 Å². The predicted octanol–water partition coefficient (Wildman–Crippen LogP) is 1.61. The molecule has 1 saturated heterocycles. The molecule has 1 heterocycles. The van der Waals surface area contributed by atoms with Gasteiger partial charge < -0.3 is 16.0 Å². The monoisotopic (exact) mass is 345 g/mol. The molecule has 1 aromatic rings. The fourth-order valence-corrected chi connectivity index (χ4v) is 2.54. The predicted molar refractivity (Wildman–Crippen MR) is 89.6 cm³/mol. The summed E-state index contributed by atoms with van der Waals surface area (Å²) in [7, 11) is 0. The Kier molecular flexibility index (Phi) is 8.24. The van der Waals surface area contributed by atoms with Gasteiger partial charge in [0.05, 0.1) is 16.5 Å². The van der Waals surface area contributed by atoms with Gasteiger partial charge in [-0.2, -0.15) is 0 Å². The van der Waals surface area contributed by atoms with E-state index in [9.17, 15) is 9.59 Å². The highest BCUT2D eigenvalue weighted by atomic mass is 35.5. The second kappa shape index (κ2) is 9.66. The van der Waals surface area contributed by atoms with Crippen molar-refractivity contribution in [2.24, 2.45) is 5.92 Å². The molecule has 1 unspecified atom stereocenters. The standard InChI is InChI=1S/C15H20ClN3O2.ClH/c16-13-6-2-1-5-12(13)15(21)19-9-8-18-14(20)11-4-3-7-17-10-11;/h1-2,5-6,11,17H,3-4,7-10H2,(H,18,20)(H,19,21);1H. The number of carbonyl (C=O) groups is 2. The molecule has 1 aromatic carbocycles. The van der Waals surface area contributed by atoms with Crippen molar-refractivity contribution in [3.8, 4) is 0 Å². The number of halogens is 2. The summed E-state index contributed by atoms with van der Waals surface area (Å²) in [5.41, 5.74) is 0.446. The molecule has 1 atom stereocenters. The van der Waals surface area contributed by atoms with Crippen LogP contribution in [-0.2, 0) is 4.79 Å². The summed E-state index contributed by atoms with van der Waals surface area (Å²) in [6.45, 7) is 2.52. The number of nitrogens with one attached hydrogen (secondary N) is 3. The van der Waals surface area contributed by atoms with E-state index >= 15 is 0 Å². The van der Waals surface area contributed by atoms with Gasteiger partial charge in [0.15, 0.2) is 0 Å². The van der Waals surface area contributed by atoms with Crippen molar-refractivity contribution in [3.63, 3.8) is 0 Å². The molecule has 1 fully saturated rings. The van der Waals surface area contributed by atoms with E-state index in [1.165, 1.54) is 0 Å². The third-order valence-electron chi connectivity index (χ3n) is 3.50. The van der Waals surface area contributed by atoms with Gasteiger partial charge in [-0.05, 0) is 31.5 Å². The van der Waals surface area contributed by atoms with Crippen LogP contribution in [0.5, 0.6) is 0 Å². The Morgan fingerprint density at radius 1 is 1.23 bits per heavy atom. The Labute approximate surface area is 141 Å². The largest absolute Gasteiger partial charge is 0.354 e. The van der Waals surface area contributed by atoms with Crippen molar-refractivity contribution < 1.29 is 9.59 Å². The minimum atomic E-state index is -0.228. The third-order valence-corrected chi connectivity index (χ3v) is 3.83. The van der Waals surface area contributed by atoms with Gasteiger partial charge in [-0.15, -0.1) is 12.4 Å². The number of hydrogen-bond acceptors (Lipinski definition) is 3. The van der Waals surface area contributed by atoms with Crippen LogP contribution in [0.2, 0.25) is 5.02 Å². The number of rotatable bonds is 5. The molecular formula is C15H21Cl2N3O2. The Bertz CT molecular complexity index is 505. The number of carbonyl (C=O) groups excluding carboxylic acids is 2. The number of hydrogen-bond donors (Lipinski definition) is 3. The first-order valence-corrected chi connectivity index (χ1v) is 7.57. The molecule has 122 valence electrons. The quantitative estimate of drug-likeness (QED) is 0.710. The van der Waals surface area contributed by atoms with Gasteiger partial charge in [0.25, 0.3) is 5.91 Å². The molecule has 3 N–H and O–H groups in total. The van der Waals surface area contributed by atoms with Crippen molar-refractivity contribution >= 4 is 35.8 Å². The van der Waals surface area contributed by atoms with Crippen molar-refractivity contribution in [1.82, 2.24) is 16.0 Å². The molecule has 2 amide bonds. The first kappa shape index (κ1) is 18.7. The summed E-state index contributed by atoms with van der Waals surface area (Å²) in [6, 6.07) is 6.88. The van der Waals surface area contributed by atoms with E-state index in [0.29, 0.717) is 23.7 Å². The van der Waals surface area contributed by atoms with Gasteiger partial charge in [0, 0.05) is 19.6 Å². The SMILES string of the molecule is Cl.O=C(NCCNC(=O)C1CCCNC1)c1ccccc1Cl. The lowest BCUT2D eigenvalue weighted by atomic mass is 9.99. The van der Waals surface area contributed by atoms with Crippen LogP contribution in [0.1, 0.15) is 23.2 Å². The van der Waals surface area contributed by atoms with Gasteiger partial charge in [-0.1, -0.05) is 23.7 Å². The van der Waals surface area contributed by atoms with Crippen molar-refractivity contribution in [1.29, 1.82) is 0 Å². The van der Waals surface area contributed by atoms with Crippen LogP contribution in [0.3, 0.4) is 0 Å². The maximum Gasteiger partial charge on any atom is 0.252 e. The lowest BCUT2D eigenvalue weighted by Gasteiger charge is -2.21.